The Kier molecular flexibility index (Phi) is 2.80. The molecule has 0 unspecified atom stereocenters. The van der Waals surface area contributed by atoms with Crippen LogP contribution in [0, 0.1) is 11.7 Å². The van der Waals surface area contributed by atoms with Gasteiger partial charge in [-0.15, -0.1) is 0 Å². The minimum atomic E-state index is -0.171. The zero-order valence-corrected chi connectivity index (χ0v) is 11.8. The Labute approximate surface area is 113 Å². The van der Waals surface area contributed by atoms with E-state index < -0.39 is 0 Å². The molecule has 19 heavy (non-hydrogen) atoms. The summed E-state index contributed by atoms with van der Waals surface area (Å²) in [6, 6.07) is 3.45. The van der Waals surface area contributed by atoms with Gasteiger partial charge in [-0.25, -0.2) is 4.39 Å². The highest BCUT2D eigenvalue weighted by Gasteiger charge is 2.23. The van der Waals surface area contributed by atoms with Crippen molar-refractivity contribution in [2.45, 2.75) is 39.0 Å². The van der Waals surface area contributed by atoms with E-state index in [-0.39, 0.29) is 11.2 Å². The smallest absolute Gasteiger partial charge is 0.148 e. The van der Waals surface area contributed by atoms with Gasteiger partial charge in [-0.1, -0.05) is 20.8 Å². The number of nitrogens with one attached hydrogen (secondary N) is 2. The molecule has 0 aliphatic heterocycles. The molecule has 1 saturated carbocycles. The third-order valence-corrected chi connectivity index (χ3v) is 3.88. The monoisotopic (exact) mass is 260 g/mol. The Morgan fingerprint density at radius 1 is 1.32 bits per heavy atom. The summed E-state index contributed by atoms with van der Waals surface area (Å²) >= 11 is 0. The van der Waals surface area contributed by atoms with E-state index in [0.29, 0.717) is 5.69 Å². The molecule has 1 aliphatic rings. The summed E-state index contributed by atoms with van der Waals surface area (Å²) in [4.78, 5) is 3.25. The maximum absolute atomic E-state index is 14.0. The number of benzene rings is 1. The first kappa shape index (κ1) is 12.5. The summed E-state index contributed by atoms with van der Waals surface area (Å²) in [6.45, 7) is 7.41. The number of hydrogen-bond donors (Lipinski definition) is 2. The first-order valence-electron chi connectivity index (χ1n) is 7.01. The number of fused-ring (bicyclic) bond motifs is 1. The fourth-order valence-corrected chi connectivity index (χ4v) is 2.54. The highest BCUT2D eigenvalue weighted by Crippen LogP contribution is 2.35. The third-order valence-electron chi connectivity index (χ3n) is 3.88. The quantitative estimate of drug-likeness (QED) is 0.839. The molecular weight excluding hydrogens is 239 g/mol. The summed E-state index contributed by atoms with van der Waals surface area (Å²) in [5.74, 6) is 0.558. The van der Waals surface area contributed by atoms with Crippen molar-refractivity contribution in [2.24, 2.45) is 5.92 Å². The van der Waals surface area contributed by atoms with Gasteiger partial charge in [-0.05, 0) is 41.9 Å². The van der Waals surface area contributed by atoms with Crippen LogP contribution in [0.25, 0.3) is 10.9 Å². The third kappa shape index (κ3) is 2.34. The van der Waals surface area contributed by atoms with Crippen molar-refractivity contribution in [3.8, 4) is 0 Å². The van der Waals surface area contributed by atoms with Gasteiger partial charge in [0.1, 0.15) is 5.82 Å². The van der Waals surface area contributed by atoms with Gasteiger partial charge < -0.3 is 10.3 Å². The molecule has 1 aromatic heterocycles. The van der Waals surface area contributed by atoms with Crippen molar-refractivity contribution in [3.63, 3.8) is 0 Å². The second kappa shape index (κ2) is 4.26. The van der Waals surface area contributed by atoms with Crippen LogP contribution in [0.3, 0.4) is 0 Å². The van der Waals surface area contributed by atoms with Crippen LogP contribution in [0.1, 0.15) is 39.2 Å². The molecule has 0 radical (unpaired) electrons. The number of aromatic nitrogens is 1. The van der Waals surface area contributed by atoms with Gasteiger partial charge in [0.2, 0.25) is 0 Å². The Morgan fingerprint density at radius 2 is 2.05 bits per heavy atom. The molecule has 0 atom stereocenters. The average molecular weight is 260 g/mol. The van der Waals surface area contributed by atoms with Crippen LogP contribution in [0.15, 0.2) is 18.3 Å². The molecule has 0 saturated heterocycles. The number of hydrogen-bond acceptors (Lipinski definition) is 1. The van der Waals surface area contributed by atoms with E-state index in [1.54, 1.807) is 6.07 Å². The highest BCUT2D eigenvalue weighted by molar-refractivity contribution is 5.94. The largest absolute Gasteiger partial charge is 0.381 e. The molecule has 1 heterocycles. The van der Waals surface area contributed by atoms with E-state index in [4.69, 9.17) is 0 Å². The lowest BCUT2D eigenvalue weighted by molar-refractivity contribution is 0.595. The zero-order valence-electron chi connectivity index (χ0n) is 11.8. The van der Waals surface area contributed by atoms with Gasteiger partial charge >= 0.3 is 0 Å². The van der Waals surface area contributed by atoms with Crippen molar-refractivity contribution >= 4 is 16.6 Å². The van der Waals surface area contributed by atoms with Gasteiger partial charge in [0, 0.05) is 18.1 Å². The molecule has 0 amide bonds. The van der Waals surface area contributed by atoms with Crippen LogP contribution < -0.4 is 5.32 Å². The van der Waals surface area contributed by atoms with Crippen molar-refractivity contribution < 1.29 is 4.39 Å². The number of halogens is 1. The normalized spacial score (nSPS) is 16.0. The molecule has 2 N–H and O–H groups in total. The van der Waals surface area contributed by atoms with Gasteiger partial charge in [0.15, 0.2) is 0 Å². The zero-order chi connectivity index (χ0) is 13.6. The Balaban J connectivity index is 2.04. The predicted molar refractivity (Wildman–Crippen MR) is 78.2 cm³/mol. The van der Waals surface area contributed by atoms with E-state index in [1.807, 2.05) is 12.3 Å². The fourth-order valence-electron chi connectivity index (χ4n) is 2.54. The van der Waals surface area contributed by atoms with Gasteiger partial charge in [-0.3, -0.25) is 0 Å². The Hall–Kier alpha value is -1.51. The van der Waals surface area contributed by atoms with E-state index in [1.165, 1.54) is 18.4 Å². The van der Waals surface area contributed by atoms with E-state index >= 15 is 0 Å². The average Bonchev–Trinajstić information content (AvgIpc) is 3.03. The van der Waals surface area contributed by atoms with Crippen LogP contribution >= 0.6 is 0 Å². The maximum Gasteiger partial charge on any atom is 0.148 e. The van der Waals surface area contributed by atoms with Gasteiger partial charge in [0.25, 0.3) is 0 Å². The van der Waals surface area contributed by atoms with Gasteiger partial charge in [0.05, 0.1) is 11.2 Å². The molecule has 1 fully saturated rings. The molecule has 2 aromatic rings. The lowest BCUT2D eigenvalue weighted by Crippen LogP contribution is -2.10. The lowest BCUT2D eigenvalue weighted by atomic mass is 9.87. The number of H-pyrrole nitrogens is 1. The fraction of sp³-hybridized carbons (Fsp3) is 0.500. The summed E-state index contributed by atoms with van der Waals surface area (Å²) in [5, 5.41) is 4.39. The second-order valence-corrected chi connectivity index (χ2v) is 6.62. The van der Waals surface area contributed by atoms with Crippen LogP contribution in [0.4, 0.5) is 10.1 Å². The van der Waals surface area contributed by atoms with Crippen LogP contribution in [-0.4, -0.2) is 11.5 Å². The highest BCUT2D eigenvalue weighted by atomic mass is 19.1. The summed E-state index contributed by atoms with van der Waals surface area (Å²) in [6.07, 6.45) is 4.54. The molecular formula is C16H21FN2. The topological polar surface area (TPSA) is 27.8 Å². The summed E-state index contributed by atoms with van der Waals surface area (Å²) in [5.41, 5.74) is 2.81. The molecule has 0 bridgehead atoms. The minimum Gasteiger partial charge on any atom is -0.381 e. The first-order valence-corrected chi connectivity index (χ1v) is 7.01. The van der Waals surface area contributed by atoms with Crippen molar-refractivity contribution in [1.82, 2.24) is 4.98 Å². The number of anilines is 1. The Bertz CT molecular complexity index is 603. The molecule has 0 spiro atoms. The molecule has 102 valence electrons. The van der Waals surface area contributed by atoms with E-state index in [0.717, 1.165) is 23.4 Å². The van der Waals surface area contributed by atoms with Crippen LogP contribution in [0.5, 0.6) is 0 Å². The molecule has 3 heteroatoms. The summed E-state index contributed by atoms with van der Waals surface area (Å²) < 4.78 is 14.0. The van der Waals surface area contributed by atoms with Crippen LogP contribution in [0.2, 0.25) is 0 Å². The first-order chi connectivity index (χ1) is 8.97. The maximum atomic E-state index is 14.0. The number of aromatic amines is 1. The van der Waals surface area contributed by atoms with Crippen molar-refractivity contribution in [2.75, 3.05) is 11.9 Å². The minimum absolute atomic E-state index is 0.0594. The predicted octanol–water partition coefficient (Wildman–Crippen LogP) is 4.43. The van der Waals surface area contributed by atoms with E-state index in [2.05, 4.69) is 31.1 Å². The van der Waals surface area contributed by atoms with Crippen LogP contribution in [-0.2, 0) is 5.41 Å². The molecule has 1 aliphatic carbocycles. The van der Waals surface area contributed by atoms with Crippen molar-refractivity contribution in [3.05, 3.63) is 29.7 Å². The molecule has 1 aromatic carbocycles. The lowest BCUT2D eigenvalue weighted by Gasteiger charge is -2.17. The summed E-state index contributed by atoms with van der Waals surface area (Å²) in [7, 11) is 0. The molecule has 3 rings (SSSR count). The van der Waals surface area contributed by atoms with Crippen molar-refractivity contribution in [1.29, 1.82) is 0 Å². The standard InChI is InChI=1S/C16H21FN2/c1-16(2,3)12-9-19-14-11(12)6-7-13(17)15(14)18-8-10-4-5-10/h6-7,9-10,18-19H,4-5,8H2,1-3H3. The molecule has 2 nitrogen and oxygen atoms in total. The second-order valence-electron chi connectivity index (χ2n) is 6.62. The SMILES string of the molecule is CC(C)(C)c1c[nH]c2c(NCC3CC3)c(F)ccc12. The van der Waals surface area contributed by atoms with E-state index in [9.17, 15) is 4.39 Å². The number of rotatable bonds is 3. The van der Waals surface area contributed by atoms with Gasteiger partial charge in [-0.2, -0.15) is 0 Å². The Morgan fingerprint density at radius 3 is 2.68 bits per heavy atom.